The minimum absolute atomic E-state index is 0.252. The molecular weight excluding hydrogens is 340 g/mol. The number of benzene rings is 2. The van der Waals surface area contributed by atoms with Gasteiger partial charge in [0, 0.05) is 44.5 Å². The third-order valence-electron chi connectivity index (χ3n) is 5.89. The average Bonchev–Trinajstić information content (AvgIpc) is 3.20. The van der Waals surface area contributed by atoms with Crippen molar-refractivity contribution >= 4 is 5.69 Å². The van der Waals surface area contributed by atoms with Gasteiger partial charge in [0.25, 0.3) is 0 Å². The van der Waals surface area contributed by atoms with E-state index in [0.717, 1.165) is 63.7 Å². The van der Waals surface area contributed by atoms with Crippen LogP contribution in [0.5, 0.6) is 11.5 Å². The first-order chi connectivity index (χ1) is 13.4. The maximum absolute atomic E-state index is 6.07. The van der Waals surface area contributed by atoms with Crippen LogP contribution in [-0.4, -0.2) is 51.0 Å². The lowest BCUT2D eigenvalue weighted by Gasteiger charge is -2.37. The smallest absolute Gasteiger partial charge is 0.231 e. The number of hydrogen-bond acceptors (Lipinski definition) is 5. The van der Waals surface area contributed by atoms with Gasteiger partial charge in [0.2, 0.25) is 6.79 Å². The van der Waals surface area contributed by atoms with E-state index in [9.17, 15) is 0 Å². The SMILES string of the molecule is c1ccc2c(c1)CCOC2CCN1CCN(c2ccc3c(c2)OCO3)CC1. The highest BCUT2D eigenvalue weighted by Crippen LogP contribution is 2.36. The molecule has 1 saturated heterocycles. The summed E-state index contributed by atoms with van der Waals surface area (Å²) in [4.78, 5) is 4.99. The standard InChI is InChI=1S/C22H26N2O3/c1-2-4-19-17(3-1)8-14-25-20(19)7-9-23-10-12-24(13-11-23)18-5-6-21-22(15-18)27-16-26-21/h1-6,15,20H,7-14,16H2. The first kappa shape index (κ1) is 16.9. The van der Waals surface area contributed by atoms with Gasteiger partial charge in [-0.25, -0.2) is 0 Å². The second-order valence-corrected chi connectivity index (χ2v) is 7.46. The van der Waals surface area contributed by atoms with E-state index >= 15 is 0 Å². The molecule has 0 N–H and O–H groups in total. The van der Waals surface area contributed by atoms with Crippen LogP contribution in [0.15, 0.2) is 42.5 Å². The minimum Gasteiger partial charge on any atom is -0.454 e. The average molecular weight is 366 g/mol. The van der Waals surface area contributed by atoms with Crippen molar-refractivity contribution in [2.24, 2.45) is 0 Å². The Hall–Kier alpha value is -2.24. The Bertz CT molecular complexity index is 802. The summed E-state index contributed by atoms with van der Waals surface area (Å²) >= 11 is 0. The Kier molecular flexibility index (Phi) is 4.64. The topological polar surface area (TPSA) is 34.2 Å². The van der Waals surface area contributed by atoms with Gasteiger partial charge in [-0.15, -0.1) is 0 Å². The number of piperazine rings is 1. The van der Waals surface area contributed by atoms with Gasteiger partial charge in [-0.2, -0.15) is 0 Å². The van der Waals surface area contributed by atoms with E-state index in [1.807, 2.05) is 6.07 Å². The molecule has 0 aliphatic carbocycles. The maximum Gasteiger partial charge on any atom is 0.231 e. The summed E-state index contributed by atoms with van der Waals surface area (Å²) in [6, 6.07) is 15.0. The van der Waals surface area contributed by atoms with Crippen LogP contribution in [-0.2, 0) is 11.2 Å². The Morgan fingerprint density at radius 2 is 1.78 bits per heavy atom. The molecule has 3 aliphatic rings. The molecule has 142 valence electrons. The predicted octanol–water partition coefficient (Wildman–Crippen LogP) is 3.24. The molecule has 3 aliphatic heterocycles. The summed E-state index contributed by atoms with van der Waals surface area (Å²) in [7, 11) is 0. The quantitative estimate of drug-likeness (QED) is 0.830. The molecule has 3 heterocycles. The molecule has 0 radical (unpaired) electrons. The van der Waals surface area contributed by atoms with Crippen molar-refractivity contribution < 1.29 is 14.2 Å². The van der Waals surface area contributed by atoms with E-state index < -0.39 is 0 Å². The lowest BCUT2D eigenvalue weighted by atomic mass is 9.95. The largest absolute Gasteiger partial charge is 0.454 e. The zero-order valence-electron chi connectivity index (χ0n) is 15.6. The number of nitrogens with zero attached hydrogens (tertiary/aromatic N) is 2. The second-order valence-electron chi connectivity index (χ2n) is 7.46. The molecule has 1 atom stereocenters. The Labute approximate surface area is 160 Å². The minimum atomic E-state index is 0.252. The summed E-state index contributed by atoms with van der Waals surface area (Å²) in [5.74, 6) is 1.72. The van der Waals surface area contributed by atoms with Crippen molar-refractivity contribution in [2.75, 3.05) is 51.0 Å². The van der Waals surface area contributed by atoms with Crippen LogP contribution < -0.4 is 14.4 Å². The molecule has 5 heteroatoms. The van der Waals surface area contributed by atoms with Gasteiger partial charge in [-0.05, 0) is 36.1 Å². The highest BCUT2D eigenvalue weighted by atomic mass is 16.7. The predicted molar refractivity (Wildman–Crippen MR) is 105 cm³/mol. The molecule has 0 amide bonds. The van der Waals surface area contributed by atoms with E-state index in [4.69, 9.17) is 14.2 Å². The first-order valence-electron chi connectivity index (χ1n) is 9.93. The van der Waals surface area contributed by atoms with Crippen LogP contribution in [0.4, 0.5) is 5.69 Å². The molecule has 2 aromatic rings. The van der Waals surface area contributed by atoms with E-state index in [0.29, 0.717) is 6.79 Å². The molecule has 1 fully saturated rings. The monoisotopic (exact) mass is 366 g/mol. The summed E-state index contributed by atoms with van der Waals surface area (Å²) in [6.45, 7) is 6.53. The Morgan fingerprint density at radius 3 is 2.70 bits per heavy atom. The molecule has 1 unspecified atom stereocenters. The molecular formula is C22H26N2O3. The van der Waals surface area contributed by atoms with Crippen LogP contribution in [0.3, 0.4) is 0 Å². The fourth-order valence-corrected chi connectivity index (χ4v) is 4.33. The fourth-order valence-electron chi connectivity index (χ4n) is 4.33. The van der Waals surface area contributed by atoms with E-state index in [1.54, 1.807) is 0 Å². The lowest BCUT2D eigenvalue weighted by molar-refractivity contribution is 0.0289. The molecule has 2 aromatic carbocycles. The Morgan fingerprint density at radius 1 is 0.926 bits per heavy atom. The summed E-state index contributed by atoms with van der Waals surface area (Å²) in [6.07, 6.45) is 2.36. The van der Waals surface area contributed by atoms with E-state index in [1.165, 1.54) is 16.8 Å². The van der Waals surface area contributed by atoms with Crippen LogP contribution >= 0.6 is 0 Å². The molecule has 27 heavy (non-hydrogen) atoms. The molecule has 5 rings (SSSR count). The van der Waals surface area contributed by atoms with Crippen LogP contribution in [0, 0.1) is 0 Å². The van der Waals surface area contributed by atoms with Gasteiger partial charge in [0.05, 0.1) is 12.7 Å². The zero-order chi connectivity index (χ0) is 18.1. The molecule has 0 bridgehead atoms. The zero-order valence-corrected chi connectivity index (χ0v) is 15.6. The number of rotatable bonds is 4. The first-order valence-corrected chi connectivity index (χ1v) is 9.93. The summed E-state index contributed by atoms with van der Waals surface area (Å²) < 4.78 is 17.0. The summed E-state index contributed by atoms with van der Waals surface area (Å²) in [5.41, 5.74) is 4.08. The van der Waals surface area contributed by atoms with Gasteiger partial charge < -0.3 is 19.1 Å². The number of hydrogen-bond donors (Lipinski definition) is 0. The van der Waals surface area contributed by atoms with Crippen molar-refractivity contribution in [2.45, 2.75) is 18.9 Å². The third kappa shape index (κ3) is 3.49. The van der Waals surface area contributed by atoms with Gasteiger partial charge in [0.15, 0.2) is 11.5 Å². The van der Waals surface area contributed by atoms with Crippen molar-refractivity contribution in [1.82, 2.24) is 4.90 Å². The van der Waals surface area contributed by atoms with Crippen molar-refractivity contribution in [3.05, 3.63) is 53.6 Å². The highest BCUT2D eigenvalue weighted by molar-refractivity contribution is 5.57. The lowest BCUT2D eigenvalue weighted by Crippen LogP contribution is -2.46. The second kappa shape index (κ2) is 7.41. The highest BCUT2D eigenvalue weighted by Gasteiger charge is 2.23. The van der Waals surface area contributed by atoms with Crippen LogP contribution in [0.1, 0.15) is 23.7 Å². The molecule has 0 saturated carbocycles. The third-order valence-corrected chi connectivity index (χ3v) is 5.89. The van der Waals surface area contributed by atoms with Crippen molar-refractivity contribution in [1.29, 1.82) is 0 Å². The number of anilines is 1. The normalized spacial score (nSPS) is 21.9. The van der Waals surface area contributed by atoms with E-state index in [-0.39, 0.29) is 6.10 Å². The van der Waals surface area contributed by atoms with Crippen LogP contribution in [0.2, 0.25) is 0 Å². The van der Waals surface area contributed by atoms with Crippen molar-refractivity contribution in [3.63, 3.8) is 0 Å². The summed E-state index contributed by atoms with van der Waals surface area (Å²) in [5, 5.41) is 0. The van der Waals surface area contributed by atoms with E-state index in [2.05, 4.69) is 46.2 Å². The molecule has 0 spiro atoms. The number of ether oxygens (including phenoxy) is 3. The molecule has 5 nitrogen and oxygen atoms in total. The van der Waals surface area contributed by atoms with Crippen LogP contribution in [0.25, 0.3) is 0 Å². The number of fused-ring (bicyclic) bond motifs is 2. The maximum atomic E-state index is 6.07. The fraction of sp³-hybridized carbons (Fsp3) is 0.455. The van der Waals surface area contributed by atoms with Gasteiger partial charge in [0.1, 0.15) is 0 Å². The van der Waals surface area contributed by atoms with Gasteiger partial charge in [-0.3, -0.25) is 4.90 Å². The van der Waals surface area contributed by atoms with Crippen molar-refractivity contribution in [3.8, 4) is 11.5 Å². The molecule has 0 aromatic heterocycles. The van der Waals surface area contributed by atoms with Gasteiger partial charge >= 0.3 is 0 Å². The van der Waals surface area contributed by atoms with Gasteiger partial charge in [-0.1, -0.05) is 24.3 Å². The Balaban J connectivity index is 1.15.